The van der Waals surface area contributed by atoms with E-state index >= 15 is 0 Å². The lowest BCUT2D eigenvalue weighted by molar-refractivity contribution is 0.102. The lowest BCUT2D eigenvalue weighted by Crippen LogP contribution is -2.12. The monoisotopic (exact) mass is 357 g/mol. The number of benzene rings is 3. The zero-order valence-corrected chi connectivity index (χ0v) is 14.2. The molecular formula is C20H15N5O2. The van der Waals surface area contributed by atoms with Gasteiger partial charge in [-0.3, -0.25) is 4.79 Å². The van der Waals surface area contributed by atoms with Gasteiger partial charge < -0.3 is 10.1 Å². The van der Waals surface area contributed by atoms with E-state index in [0.717, 1.165) is 5.75 Å². The zero-order chi connectivity index (χ0) is 18.5. The molecule has 0 radical (unpaired) electrons. The Morgan fingerprint density at radius 3 is 2.41 bits per heavy atom. The maximum atomic E-state index is 12.5. The largest absolute Gasteiger partial charge is 0.457 e. The Balaban J connectivity index is 1.44. The summed E-state index contributed by atoms with van der Waals surface area (Å²) in [6.07, 6.45) is 1.47. The molecule has 0 atom stereocenters. The molecule has 27 heavy (non-hydrogen) atoms. The van der Waals surface area contributed by atoms with E-state index in [1.165, 1.54) is 11.0 Å². The van der Waals surface area contributed by atoms with E-state index in [4.69, 9.17) is 4.74 Å². The smallest absolute Gasteiger partial charge is 0.255 e. The van der Waals surface area contributed by atoms with Crippen molar-refractivity contribution in [2.24, 2.45) is 0 Å². The van der Waals surface area contributed by atoms with E-state index in [1.807, 2.05) is 36.4 Å². The highest BCUT2D eigenvalue weighted by molar-refractivity contribution is 6.04. The van der Waals surface area contributed by atoms with Gasteiger partial charge in [-0.05, 0) is 65.0 Å². The number of anilines is 1. The van der Waals surface area contributed by atoms with Crippen LogP contribution >= 0.6 is 0 Å². The van der Waals surface area contributed by atoms with Gasteiger partial charge in [-0.15, -0.1) is 5.10 Å². The Bertz CT molecular complexity index is 1030. The third kappa shape index (κ3) is 3.98. The van der Waals surface area contributed by atoms with Crippen LogP contribution < -0.4 is 10.1 Å². The van der Waals surface area contributed by atoms with Gasteiger partial charge in [0.05, 0.1) is 5.69 Å². The molecule has 0 saturated heterocycles. The lowest BCUT2D eigenvalue weighted by Gasteiger charge is -2.09. The van der Waals surface area contributed by atoms with Crippen molar-refractivity contribution < 1.29 is 9.53 Å². The van der Waals surface area contributed by atoms with E-state index in [-0.39, 0.29) is 5.91 Å². The number of aromatic nitrogens is 4. The maximum Gasteiger partial charge on any atom is 0.255 e. The second-order valence-electron chi connectivity index (χ2n) is 5.70. The van der Waals surface area contributed by atoms with E-state index in [2.05, 4.69) is 20.8 Å². The molecule has 7 nitrogen and oxygen atoms in total. The summed E-state index contributed by atoms with van der Waals surface area (Å²) < 4.78 is 7.24. The fourth-order valence-electron chi connectivity index (χ4n) is 2.50. The molecule has 1 aromatic heterocycles. The molecule has 4 aromatic rings. The molecule has 1 amide bonds. The number of hydrogen-bond donors (Lipinski definition) is 1. The standard InChI is InChI=1S/C20H15N5O2/c26-20(15-5-4-6-17(13-15)25-14-21-23-24-25)22-16-9-11-19(12-10-16)27-18-7-2-1-3-8-18/h1-14H,(H,22,26). The SMILES string of the molecule is O=C(Nc1ccc(Oc2ccccc2)cc1)c1cccc(-n2cnnn2)c1. The van der Waals surface area contributed by atoms with Crippen molar-refractivity contribution in [2.45, 2.75) is 0 Å². The fourth-order valence-corrected chi connectivity index (χ4v) is 2.50. The normalized spacial score (nSPS) is 10.4. The summed E-state index contributed by atoms with van der Waals surface area (Å²) in [5.41, 5.74) is 1.89. The summed E-state index contributed by atoms with van der Waals surface area (Å²) in [6.45, 7) is 0. The minimum Gasteiger partial charge on any atom is -0.457 e. The number of tetrazole rings is 1. The van der Waals surface area contributed by atoms with Crippen molar-refractivity contribution in [1.29, 1.82) is 0 Å². The quantitative estimate of drug-likeness (QED) is 0.589. The van der Waals surface area contributed by atoms with Gasteiger partial charge in [0.15, 0.2) is 0 Å². The number of amides is 1. The molecule has 1 heterocycles. The number of carbonyl (C=O) groups excluding carboxylic acids is 1. The molecule has 0 fully saturated rings. The van der Waals surface area contributed by atoms with E-state index in [0.29, 0.717) is 22.7 Å². The molecule has 0 unspecified atom stereocenters. The first kappa shape index (κ1) is 16.5. The van der Waals surface area contributed by atoms with Gasteiger partial charge in [-0.25, -0.2) is 4.68 Å². The molecule has 4 rings (SSSR count). The summed E-state index contributed by atoms with van der Waals surface area (Å²) in [5.74, 6) is 1.23. The molecule has 0 spiro atoms. The van der Waals surface area contributed by atoms with E-state index in [1.54, 1.807) is 42.5 Å². The first-order chi connectivity index (χ1) is 13.3. The summed E-state index contributed by atoms with van der Waals surface area (Å²) in [5, 5.41) is 13.9. The molecule has 0 aliphatic rings. The number of hydrogen-bond acceptors (Lipinski definition) is 5. The van der Waals surface area contributed by atoms with Gasteiger partial charge in [-0.2, -0.15) is 0 Å². The minimum absolute atomic E-state index is 0.221. The predicted molar refractivity (Wildman–Crippen MR) is 100 cm³/mol. The van der Waals surface area contributed by atoms with Crippen molar-refractivity contribution in [1.82, 2.24) is 20.2 Å². The Morgan fingerprint density at radius 1 is 0.889 bits per heavy atom. The lowest BCUT2D eigenvalue weighted by atomic mass is 10.2. The third-order valence-corrected chi connectivity index (χ3v) is 3.81. The van der Waals surface area contributed by atoms with Crippen molar-refractivity contribution in [2.75, 3.05) is 5.32 Å². The van der Waals surface area contributed by atoms with Crippen LogP contribution in [0.4, 0.5) is 5.69 Å². The van der Waals surface area contributed by atoms with E-state index < -0.39 is 0 Å². The van der Waals surface area contributed by atoms with Gasteiger partial charge in [0.1, 0.15) is 17.8 Å². The van der Waals surface area contributed by atoms with Gasteiger partial charge >= 0.3 is 0 Å². The van der Waals surface area contributed by atoms with Crippen LogP contribution in [0.25, 0.3) is 5.69 Å². The summed E-state index contributed by atoms with van der Waals surface area (Å²) >= 11 is 0. The van der Waals surface area contributed by atoms with Gasteiger partial charge in [0.2, 0.25) is 0 Å². The number of ether oxygens (including phenoxy) is 1. The molecule has 0 aliphatic carbocycles. The van der Waals surface area contributed by atoms with Crippen LogP contribution in [0.1, 0.15) is 10.4 Å². The van der Waals surface area contributed by atoms with Crippen molar-refractivity contribution in [3.8, 4) is 17.2 Å². The van der Waals surface area contributed by atoms with Gasteiger partial charge in [-0.1, -0.05) is 24.3 Å². The Kier molecular flexibility index (Phi) is 4.57. The van der Waals surface area contributed by atoms with Crippen LogP contribution in [0.3, 0.4) is 0 Å². The molecule has 3 aromatic carbocycles. The third-order valence-electron chi connectivity index (χ3n) is 3.81. The van der Waals surface area contributed by atoms with E-state index in [9.17, 15) is 4.79 Å². The highest BCUT2D eigenvalue weighted by Gasteiger charge is 2.08. The van der Waals surface area contributed by atoms with Gasteiger partial charge in [0, 0.05) is 11.3 Å². The van der Waals surface area contributed by atoms with Crippen molar-refractivity contribution in [3.63, 3.8) is 0 Å². The minimum atomic E-state index is -0.221. The van der Waals surface area contributed by atoms with Crippen LogP contribution in [-0.4, -0.2) is 26.1 Å². The van der Waals surface area contributed by atoms with Crippen molar-refractivity contribution >= 4 is 11.6 Å². The van der Waals surface area contributed by atoms with Gasteiger partial charge in [0.25, 0.3) is 5.91 Å². The number of nitrogens with one attached hydrogen (secondary N) is 1. The van der Waals surface area contributed by atoms with Crippen molar-refractivity contribution in [3.05, 3.63) is 90.8 Å². The predicted octanol–water partition coefficient (Wildman–Crippen LogP) is 3.71. The molecule has 1 N–H and O–H groups in total. The second-order valence-corrected chi connectivity index (χ2v) is 5.70. The fraction of sp³-hybridized carbons (Fsp3) is 0. The maximum absolute atomic E-state index is 12.5. The average Bonchev–Trinajstić information content (AvgIpc) is 3.25. The molecule has 0 aliphatic heterocycles. The summed E-state index contributed by atoms with van der Waals surface area (Å²) in [6, 6.07) is 23.8. The number of carbonyl (C=O) groups is 1. The molecule has 0 bridgehead atoms. The second kappa shape index (κ2) is 7.49. The highest BCUT2D eigenvalue weighted by Crippen LogP contribution is 2.23. The summed E-state index contributed by atoms with van der Waals surface area (Å²) in [4.78, 5) is 12.5. The molecular weight excluding hydrogens is 342 g/mol. The number of rotatable bonds is 5. The molecule has 0 saturated carbocycles. The molecule has 132 valence electrons. The summed E-state index contributed by atoms with van der Waals surface area (Å²) in [7, 11) is 0. The Morgan fingerprint density at radius 2 is 1.67 bits per heavy atom. The zero-order valence-electron chi connectivity index (χ0n) is 14.2. The van der Waals surface area contributed by atoms with Crippen LogP contribution in [0.5, 0.6) is 11.5 Å². The van der Waals surface area contributed by atoms with Crippen LogP contribution in [0.15, 0.2) is 85.2 Å². The van der Waals surface area contributed by atoms with Crippen LogP contribution in [-0.2, 0) is 0 Å². The molecule has 7 heteroatoms. The average molecular weight is 357 g/mol. The Labute approximate surface area is 155 Å². The number of nitrogens with zero attached hydrogens (tertiary/aromatic N) is 4. The topological polar surface area (TPSA) is 81.9 Å². The van der Waals surface area contributed by atoms with Crippen LogP contribution in [0, 0.1) is 0 Å². The first-order valence-corrected chi connectivity index (χ1v) is 8.26. The van der Waals surface area contributed by atoms with Crippen LogP contribution in [0.2, 0.25) is 0 Å². The first-order valence-electron chi connectivity index (χ1n) is 8.26. The highest BCUT2D eigenvalue weighted by atomic mass is 16.5. The Hall–Kier alpha value is -4.00. The number of para-hydroxylation sites is 1.